The second-order valence-electron chi connectivity index (χ2n) is 6.98. The molecule has 3 aromatic rings. The summed E-state index contributed by atoms with van der Waals surface area (Å²) >= 11 is 0. The van der Waals surface area contributed by atoms with Crippen LogP contribution in [-0.4, -0.2) is 29.9 Å². The number of aliphatic imine (C=N–C) groups is 1. The fourth-order valence-electron chi connectivity index (χ4n) is 2.81. The summed E-state index contributed by atoms with van der Waals surface area (Å²) in [6, 6.07) is 16.0. The lowest BCUT2D eigenvalue weighted by molar-refractivity contribution is 0.0600. The number of aromatic nitrogens is 1. The minimum Gasteiger partial charge on any atom is -0.465 e. The number of nitrogens with zero attached hydrogens (tertiary/aromatic N) is 2. The second-order valence-corrected chi connectivity index (χ2v) is 6.98. The largest absolute Gasteiger partial charge is 0.465 e. The molecule has 1 heterocycles. The molecule has 0 aliphatic rings. The summed E-state index contributed by atoms with van der Waals surface area (Å²) in [7, 11) is 1.33. The van der Waals surface area contributed by atoms with Crippen molar-refractivity contribution in [2.75, 3.05) is 12.4 Å². The first-order chi connectivity index (χ1) is 15.0. The molecule has 0 aliphatic heterocycles. The Kier molecular flexibility index (Phi) is 7.11. The van der Waals surface area contributed by atoms with E-state index in [1.165, 1.54) is 7.11 Å². The first-order valence-corrected chi connectivity index (χ1v) is 9.73. The fourth-order valence-corrected chi connectivity index (χ4v) is 2.81. The van der Waals surface area contributed by atoms with Crippen molar-refractivity contribution in [1.29, 1.82) is 0 Å². The molecule has 1 aromatic heterocycles. The maximum absolute atomic E-state index is 12.8. The van der Waals surface area contributed by atoms with Gasteiger partial charge in [0, 0.05) is 23.6 Å². The molecule has 0 radical (unpaired) electrons. The third-order valence-electron chi connectivity index (χ3n) is 4.69. The van der Waals surface area contributed by atoms with Gasteiger partial charge in [-0.15, -0.1) is 0 Å². The molecule has 2 N–H and O–H groups in total. The molecular weight excluding hydrogens is 392 g/mol. The minimum absolute atomic E-state index is 0.258. The van der Waals surface area contributed by atoms with E-state index in [4.69, 9.17) is 4.74 Å². The number of aryl methyl sites for hydroxylation is 2. The molecule has 0 aliphatic carbocycles. The van der Waals surface area contributed by atoms with Gasteiger partial charge in [-0.2, -0.15) is 0 Å². The van der Waals surface area contributed by atoms with E-state index in [1.807, 2.05) is 38.1 Å². The van der Waals surface area contributed by atoms with Crippen LogP contribution in [0.2, 0.25) is 0 Å². The molecule has 0 unspecified atom stereocenters. The number of nitrogens with one attached hydrogen (secondary N) is 2. The number of methoxy groups -OCH3 is 1. The summed E-state index contributed by atoms with van der Waals surface area (Å²) in [5, 5.41) is 5.91. The molecule has 1 amide bonds. The van der Waals surface area contributed by atoms with Crippen LogP contribution in [0.4, 0.5) is 5.69 Å². The van der Waals surface area contributed by atoms with Gasteiger partial charge in [0.25, 0.3) is 5.91 Å². The molecule has 0 atom stereocenters. The molecule has 0 bridgehead atoms. The van der Waals surface area contributed by atoms with Gasteiger partial charge in [-0.25, -0.2) is 9.79 Å². The number of anilines is 1. The molecule has 0 saturated carbocycles. The average Bonchev–Trinajstić information content (AvgIpc) is 2.79. The molecular formula is C24H24N4O3. The standard InChI is InChI=1S/C24H24N4O3/c1-16-9-10-19(12-17(16)2)22(29)28-24(26-15-18-6-5-11-25-14-18)27-21-8-4-7-20(13-21)23(30)31-3/h4-14H,15H2,1-3H3,(H2,26,27,28,29). The van der Waals surface area contributed by atoms with Crippen molar-refractivity contribution < 1.29 is 14.3 Å². The summed E-state index contributed by atoms with van der Waals surface area (Å²) in [5.41, 5.74) is 4.54. The number of carbonyl (C=O) groups is 2. The Bertz CT molecular complexity index is 1110. The van der Waals surface area contributed by atoms with Crippen LogP contribution in [0.25, 0.3) is 0 Å². The van der Waals surface area contributed by atoms with E-state index in [1.54, 1.807) is 42.7 Å². The number of ether oxygens (including phenoxy) is 1. The third-order valence-corrected chi connectivity index (χ3v) is 4.69. The van der Waals surface area contributed by atoms with Crippen LogP contribution in [0.3, 0.4) is 0 Å². The van der Waals surface area contributed by atoms with Crippen LogP contribution in [0, 0.1) is 13.8 Å². The lowest BCUT2D eigenvalue weighted by atomic mass is 10.1. The zero-order valence-corrected chi connectivity index (χ0v) is 17.7. The molecule has 2 aromatic carbocycles. The maximum Gasteiger partial charge on any atom is 0.337 e. The van der Waals surface area contributed by atoms with Crippen LogP contribution >= 0.6 is 0 Å². The number of amides is 1. The first kappa shape index (κ1) is 21.7. The van der Waals surface area contributed by atoms with Gasteiger partial charge in [0.05, 0.1) is 19.2 Å². The van der Waals surface area contributed by atoms with E-state index >= 15 is 0 Å². The lowest BCUT2D eigenvalue weighted by Gasteiger charge is -2.13. The Labute approximate surface area is 181 Å². The highest BCUT2D eigenvalue weighted by atomic mass is 16.5. The average molecular weight is 416 g/mol. The zero-order valence-electron chi connectivity index (χ0n) is 17.7. The number of hydrogen-bond acceptors (Lipinski definition) is 5. The van der Waals surface area contributed by atoms with Crippen LogP contribution < -0.4 is 10.6 Å². The summed E-state index contributed by atoms with van der Waals surface area (Å²) in [6.07, 6.45) is 3.40. The van der Waals surface area contributed by atoms with Gasteiger partial charge in [-0.05, 0) is 66.9 Å². The van der Waals surface area contributed by atoms with Gasteiger partial charge in [0.2, 0.25) is 5.96 Å². The number of carbonyl (C=O) groups excluding carboxylic acids is 2. The summed E-state index contributed by atoms with van der Waals surface area (Å²) < 4.78 is 4.77. The molecule has 0 fully saturated rings. The lowest BCUT2D eigenvalue weighted by Crippen LogP contribution is -2.36. The van der Waals surface area contributed by atoms with Gasteiger partial charge in [0.1, 0.15) is 0 Å². The van der Waals surface area contributed by atoms with Gasteiger partial charge < -0.3 is 10.1 Å². The van der Waals surface area contributed by atoms with Crippen LogP contribution in [-0.2, 0) is 11.3 Å². The monoisotopic (exact) mass is 416 g/mol. The predicted molar refractivity (Wildman–Crippen MR) is 120 cm³/mol. The van der Waals surface area contributed by atoms with Gasteiger partial charge >= 0.3 is 5.97 Å². The van der Waals surface area contributed by atoms with E-state index < -0.39 is 5.97 Å². The quantitative estimate of drug-likeness (QED) is 0.374. The Morgan fingerprint density at radius 2 is 1.84 bits per heavy atom. The van der Waals surface area contributed by atoms with Crippen molar-refractivity contribution in [2.45, 2.75) is 20.4 Å². The molecule has 0 spiro atoms. The van der Waals surface area contributed by atoms with Crippen LogP contribution in [0.5, 0.6) is 0 Å². The Morgan fingerprint density at radius 1 is 1.00 bits per heavy atom. The number of rotatable bonds is 5. The van der Waals surface area contributed by atoms with Crippen molar-refractivity contribution in [1.82, 2.24) is 10.3 Å². The summed E-state index contributed by atoms with van der Waals surface area (Å²) in [6.45, 7) is 4.27. The van der Waals surface area contributed by atoms with Crippen LogP contribution in [0.1, 0.15) is 37.4 Å². The first-order valence-electron chi connectivity index (χ1n) is 9.73. The van der Waals surface area contributed by atoms with Crippen molar-refractivity contribution in [3.05, 3.63) is 94.8 Å². The van der Waals surface area contributed by atoms with Gasteiger partial charge in [-0.3, -0.25) is 15.1 Å². The maximum atomic E-state index is 12.8. The second kappa shape index (κ2) is 10.2. The highest BCUT2D eigenvalue weighted by molar-refractivity contribution is 6.10. The normalized spacial score (nSPS) is 11.0. The van der Waals surface area contributed by atoms with Gasteiger partial charge in [-0.1, -0.05) is 18.2 Å². The topological polar surface area (TPSA) is 92.7 Å². The highest BCUT2D eigenvalue weighted by Gasteiger charge is 2.12. The zero-order chi connectivity index (χ0) is 22.2. The number of esters is 1. The van der Waals surface area contributed by atoms with E-state index in [0.29, 0.717) is 23.4 Å². The van der Waals surface area contributed by atoms with Crippen molar-refractivity contribution in [3.63, 3.8) is 0 Å². The van der Waals surface area contributed by atoms with Crippen molar-refractivity contribution in [3.8, 4) is 0 Å². The molecule has 7 nitrogen and oxygen atoms in total. The SMILES string of the molecule is COC(=O)c1cccc(NC(=NCc2cccnc2)NC(=O)c2ccc(C)c(C)c2)c1. The minimum atomic E-state index is -0.448. The molecule has 7 heteroatoms. The smallest absolute Gasteiger partial charge is 0.337 e. The highest BCUT2D eigenvalue weighted by Crippen LogP contribution is 2.13. The molecule has 3 rings (SSSR count). The van der Waals surface area contributed by atoms with Crippen molar-refractivity contribution >= 4 is 23.5 Å². The molecule has 31 heavy (non-hydrogen) atoms. The Balaban J connectivity index is 1.84. The number of pyridine rings is 1. The Morgan fingerprint density at radius 3 is 2.55 bits per heavy atom. The van der Waals surface area contributed by atoms with Crippen LogP contribution in [0.15, 0.2) is 72.0 Å². The van der Waals surface area contributed by atoms with E-state index in [-0.39, 0.29) is 11.9 Å². The van der Waals surface area contributed by atoms with E-state index in [0.717, 1.165) is 16.7 Å². The van der Waals surface area contributed by atoms with Gasteiger partial charge in [0.15, 0.2) is 0 Å². The third kappa shape index (κ3) is 5.99. The van der Waals surface area contributed by atoms with E-state index in [2.05, 4.69) is 20.6 Å². The Hall–Kier alpha value is -4.00. The number of guanidine groups is 1. The summed E-state index contributed by atoms with van der Waals surface area (Å²) in [4.78, 5) is 33.2. The predicted octanol–water partition coefficient (Wildman–Crippen LogP) is 3.88. The number of hydrogen-bond donors (Lipinski definition) is 2. The molecule has 0 saturated heterocycles. The number of benzene rings is 2. The fraction of sp³-hybridized carbons (Fsp3) is 0.167. The molecule has 158 valence electrons. The van der Waals surface area contributed by atoms with E-state index in [9.17, 15) is 9.59 Å². The van der Waals surface area contributed by atoms with Crippen molar-refractivity contribution in [2.24, 2.45) is 4.99 Å². The summed E-state index contributed by atoms with van der Waals surface area (Å²) in [5.74, 6) is -0.476.